The first-order valence-corrected chi connectivity index (χ1v) is 9.53. The maximum absolute atomic E-state index is 13.5. The lowest BCUT2D eigenvalue weighted by Crippen LogP contribution is -2.61. The molecular formula is C21H21N5O2. The largest absolute Gasteiger partial charge is 0.369 e. The number of piperidine rings is 1. The van der Waals surface area contributed by atoms with Gasteiger partial charge in [-0.1, -0.05) is 47.6 Å². The van der Waals surface area contributed by atoms with Gasteiger partial charge in [0.05, 0.1) is 11.4 Å². The maximum atomic E-state index is 13.5. The molecule has 1 aromatic heterocycles. The van der Waals surface area contributed by atoms with Crippen molar-refractivity contribution in [1.29, 1.82) is 0 Å². The Morgan fingerprint density at radius 2 is 1.79 bits per heavy atom. The molecule has 0 radical (unpaired) electrons. The Morgan fingerprint density at radius 1 is 1.04 bits per heavy atom. The number of fused-ring (bicyclic) bond motifs is 1. The molecule has 3 heterocycles. The summed E-state index contributed by atoms with van der Waals surface area (Å²) >= 11 is 0. The van der Waals surface area contributed by atoms with Gasteiger partial charge in [0.25, 0.3) is 5.91 Å². The van der Waals surface area contributed by atoms with Gasteiger partial charge in [-0.3, -0.25) is 9.69 Å². The van der Waals surface area contributed by atoms with E-state index in [9.17, 15) is 4.79 Å². The van der Waals surface area contributed by atoms with Crippen molar-refractivity contribution in [3.05, 3.63) is 60.5 Å². The molecule has 0 saturated carbocycles. The molecule has 142 valence electrons. The zero-order chi connectivity index (χ0) is 19.0. The van der Waals surface area contributed by atoms with Crippen molar-refractivity contribution in [3.63, 3.8) is 0 Å². The molecule has 2 aliphatic rings. The van der Waals surface area contributed by atoms with E-state index in [1.807, 2.05) is 54.6 Å². The standard InChI is InChI=1S/C21H21N5O2/c27-20-21(10-12-22-13-11-21)24-16-8-4-5-9-17(16)26(20)14-18-23-19(25-28-18)15-6-2-1-3-7-15/h1-9,22,24H,10-14H2. The van der Waals surface area contributed by atoms with E-state index in [1.165, 1.54) is 0 Å². The first-order chi connectivity index (χ1) is 13.8. The molecule has 1 spiro atoms. The second-order valence-electron chi connectivity index (χ2n) is 7.24. The summed E-state index contributed by atoms with van der Waals surface area (Å²) in [6.45, 7) is 1.88. The van der Waals surface area contributed by atoms with Crippen LogP contribution in [0.15, 0.2) is 59.1 Å². The molecule has 28 heavy (non-hydrogen) atoms. The molecule has 1 saturated heterocycles. The monoisotopic (exact) mass is 375 g/mol. The average molecular weight is 375 g/mol. The highest BCUT2D eigenvalue weighted by Gasteiger charge is 2.46. The number of benzene rings is 2. The van der Waals surface area contributed by atoms with Crippen LogP contribution in [-0.2, 0) is 11.3 Å². The summed E-state index contributed by atoms with van der Waals surface area (Å²) in [6, 6.07) is 17.6. The van der Waals surface area contributed by atoms with Gasteiger partial charge in [-0.05, 0) is 38.1 Å². The molecule has 2 aromatic carbocycles. The molecule has 0 unspecified atom stereocenters. The van der Waals surface area contributed by atoms with Crippen LogP contribution < -0.4 is 15.5 Å². The van der Waals surface area contributed by atoms with Crippen molar-refractivity contribution in [2.75, 3.05) is 23.3 Å². The van der Waals surface area contributed by atoms with Crippen LogP contribution in [0.4, 0.5) is 11.4 Å². The quantitative estimate of drug-likeness (QED) is 0.732. The Bertz CT molecular complexity index is 995. The lowest BCUT2D eigenvalue weighted by atomic mass is 9.84. The van der Waals surface area contributed by atoms with Crippen LogP contribution in [0, 0.1) is 0 Å². The summed E-state index contributed by atoms with van der Waals surface area (Å²) in [5, 5.41) is 10.9. The number of amides is 1. The van der Waals surface area contributed by atoms with Crippen LogP contribution in [0.3, 0.4) is 0 Å². The first kappa shape index (κ1) is 16.9. The number of hydrogen-bond acceptors (Lipinski definition) is 6. The van der Waals surface area contributed by atoms with Gasteiger partial charge in [0.15, 0.2) is 0 Å². The highest BCUT2D eigenvalue weighted by molar-refractivity contribution is 6.07. The molecule has 1 amide bonds. The minimum Gasteiger partial charge on any atom is -0.369 e. The number of carbonyl (C=O) groups is 1. The number of rotatable bonds is 3. The molecule has 7 heteroatoms. The number of anilines is 2. The zero-order valence-corrected chi connectivity index (χ0v) is 15.4. The van der Waals surface area contributed by atoms with Gasteiger partial charge in [-0.15, -0.1) is 0 Å². The number of hydrogen-bond donors (Lipinski definition) is 2. The van der Waals surface area contributed by atoms with Crippen LogP contribution in [-0.4, -0.2) is 34.7 Å². The molecule has 2 N–H and O–H groups in total. The van der Waals surface area contributed by atoms with Gasteiger partial charge in [0.1, 0.15) is 12.1 Å². The van der Waals surface area contributed by atoms with Crippen LogP contribution >= 0.6 is 0 Å². The van der Waals surface area contributed by atoms with Crippen LogP contribution in [0.25, 0.3) is 11.4 Å². The van der Waals surface area contributed by atoms with Crippen molar-refractivity contribution in [2.45, 2.75) is 24.9 Å². The molecular weight excluding hydrogens is 354 g/mol. The molecule has 3 aromatic rings. The summed E-state index contributed by atoms with van der Waals surface area (Å²) in [5.41, 5.74) is 2.12. The smallest absolute Gasteiger partial charge is 0.253 e. The predicted octanol–water partition coefficient (Wildman–Crippen LogP) is 2.82. The molecule has 0 atom stereocenters. The summed E-state index contributed by atoms with van der Waals surface area (Å²) in [6.07, 6.45) is 1.49. The van der Waals surface area contributed by atoms with E-state index >= 15 is 0 Å². The van der Waals surface area contributed by atoms with E-state index < -0.39 is 5.54 Å². The fourth-order valence-electron chi connectivity index (χ4n) is 4.00. The van der Waals surface area contributed by atoms with E-state index in [0.717, 1.165) is 42.9 Å². The van der Waals surface area contributed by atoms with Crippen molar-refractivity contribution >= 4 is 17.3 Å². The lowest BCUT2D eigenvalue weighted by Gasteiger charge is -2.45. The van der Waals surface area contributed by atoms with E-state index in [-0.39, 0.29) is 12.5 Å². The van der Waals surface area contributed by atoms with E-state index in [4.69, 9.17) is 4.52 Å². The SMILES string of the molecule is O=C1N(Cc2nc(-c3ccccc3)no2)c2ccccc2NC12CCNCC2. The Labute approximate surface area is 162 Å². The second-order valence-corrected chi connectivity index (χ2v) is 7.24. The average Bonchev–Trinajstić information content (AvgIpc) is 3.21. The van der Waals surface area contributed by atoms with Crippen LogP contribution in [0.1, 0.15) is 18.7 Å². The van der Waals surface area contributed by atoms with E-state index in [2.05, 4.69) is 20.8 Å². The molecule has 0 aliphatic carbocycles. The fraction of sp³-hybridized carbons (Fsp3) is 0.286. The Balaban J connectivity index is 1.48. The summed E-state index contributed by atoms with van der Waals surface area (Å²) in [4.78, 5) is 19.8. The highest BCUT2D eigenvalue weighted by Crippen LogP contribution is 2.39. The summed E-state index contributed by atoms with van der Waals surface area (Å²) < 4.78 is 5.47. The summed E-state index contributed by atoms with van der Waals surface area (Å²) in [5.74, 6) is 1.02. The van der Waals surface area contributed by atoms with Crippen LogP contribution in [0.2, 0.25) is 0 Å². The van der Waals surface area contributed by atoms with E-state index in [1.54, 1.807) is 4.90 Å². The number of para-hydroxylation sites is 2. The van der Waals surface area contributed by atoms with Gasteiger partial charge >= 0.3 is 0 Å². The third kappa shape index (κ3) is 2.84. The van der Waals surface area contributed by atoms with Gasteiger partial charge in [0, 0.05) is 5.56 Å². The van der Waals surface area contributed by atoms with Gasteiger partial charge < -0.3 is 15.2 Å². The minimum atomic E-state index is -0.581. The van der Waals surface area contributed by atoms with Crippen molar-refractivity contribution < 1.29 is 9.32 Å². The molecule has 1 fully saturated rings. The molecule has 0 bridgehead atoms. The normalized spacial score (nSPS) is 18.0. The first-order valence-electron chi connectivity index (χ1n) is 9.53. The fourth-order valence-corrected chi connectivity index (χ4v) is 4.00. The predicted molar refractivity (Wildman–Crippen MR) is 106 cm³/mol. The second kappa shape index (κ2) is 6.76. The molecule has 2 aliphatic heterocycles. The van der Waals surface area contributed by atoms with E-state index in [0.29, 0.717) is 11.7 Å². The number of nitrogens with one attached hydrogen (secondary N) is 2. The Morgan fingerprint density at radius 3 is 2.61 bits per heavy atom. The minimum absolute atomic E-state index is 0.0622. The third-order valence-electron chi connectivity index (χ3n) is 5.47. The third-order valence-corrected chi connectivity index (χ3v) is 5.47. The lowest BCUT2D eigenvalue weighted by molar-refractivity contribution is -0.124. The van der Waals surface area contributed by atoms with Gasteiger partial charge in [-0.2, -0.15) is 4.98 Å². The highest BCUT2D eigenvalue weighted by atomic mass is 16.5. The van der Waals surface area contributed by atoms with Gasteiger partial charge in [-0.25, -0.2) is 0 Å². The summed E-state index contributed by atoms with van der Waals surface area (Å²) in [7, 11) is 0. The number of nitrogens with zero attached hydrogens (tertiary/aromatic N) is 3. The topological polar surface area (TPSA) is 83.3 Å². The Hall–Kier alpha value is -3.19. The molecule has 7 nitrogen and oxygen atoms in total. The van der Waals surface area contributed by atoms with Crippen molar-refractivity contribution in [3.8, 4) is 11.4 Å². The maximum Gasteiger partial charge on any atom is 0.253 e. The van der Waals surface area contributed by atoms with Crippen molar-refractivity contribution in [1.82, 2.24) is 15.5 Å². The Kier molecular flexibility index (Phi) is 4.09. The molecule has 5 rings (SSSR count). The van der Waals surface area contributed by atoms with Crippen molar-refractivity contribution in [2.24, 2.45) is 0 Å². The number of aromatic nitrogens is 2. The van der Waals surface area contributed by atoms with Gasteiger partial charge in [0.2, 0.25) is 11.7 Å². The number of carbonyl (C=O) groups excluding carboxylic acids is 1. The van der Waals surface area contributed by atoms with Crippen LogP contribution in [0.5, 0.6) is 0 Å². The zero-order valence-electron chi connectivity index (χ0n) is 15.4.